The van der Waals surface area contributed by atoms with E-state index in [9.17, 15) is 24.5 Å². The number of non-ortho nitro benzene ring substituents is 1. The molecule has 0 spiro atoms. The van der Waals surface area contributed by atoms with E-state index in [4.69, 9.17) is 4.74 Å². The Labute approximate surface area is 194 Å². The highest BCUT2D eigenvalue weighted by Gasteiger charge is 2.29. The summed E-state index contributed by atoms with van der Waals surface area (Å²) in [6.07, 6.45) is 0. The summed E-state index contributed by atoms with van der Waals surface area (Å²) in [4.78, 5) is 49.6. The van der Waals surface area contributed by atoms with Gasteiger partial charge in [0.2, 0.25) is 5.91 Å². The molecule has 0 fully saturated rings. The summed E-state index contributed by atoms with van der Waals surface area (Å²) in [7, 11) is 0. The Kier molecular flexibility index (Phi) is 6.22. The van der Waals surface area contributed by atoms with Crippen LogP contribution in [0.5, 0.6) is 5.75 Å². The summed E-state index contributed by atoms with van der Waals surface area (Å²) < 4.78 is 5.32. The van der Waals surface area contributed by atoms with Crippen molar-refractivity contribution < 1.29 is 24.0 Å². The summed E-state index contributed by atoms with van der Waals surface area (Å²) >= 11 is 0. The maximum atomic E-state index is 12.8. The lowest BCUT2D eigenvalue weighted by atomic mass is 10.1. The van der Waals surface area contributed by atoms with Gasteiger partial charge in [-0.2, -0.15) is 0 Å². The molecule has 10 heteroatoms. The zero-order valence-electron chi connectivity index (χ0n) is 18.1. The van der Waals surface area contributed by atoms with Crippen LogP contribution in [0.25, 0.3) is 0 Å². The molecule has 4 rings (SSSR count). The maximum Gasteiger partial charge on any atom is 0.271 e. The Morgan fingerprint density at radius 2 is 1.82 bits per heavy atom. The largest absolute Gasteiger partial charge is 0.482 e. The molecule has 2 N–H and O–H groups in total. The van der Waals surface area contributed by atoms with E-state index in [1.807, 2.05) is 6.07 Å². The van der Waals surface area contributed by atoms with Crippen LogP contribution >= 0.6 is 0 Å². The van der Waals surface area contributed by atoms with Crippen LogP contribution in [0.3, 0.4) is 0 Å². The molecule has 0 unspecified atom stereocenters. The minimum absolute atomic E-state index is 0.147. The summed E-state index contributed by atoms with van der Waals surface area (Å²) in [6, 6.07) is 17.8. The number of nitrogens with one attached hydrogen (secondary N) is 2. The number of carbonyl (C=O) groups is 3. The van der Waals surface area contributed by atoms with Gasteiger partial charge in [-0.3, -0.25) is 29.4 Å². The van der Waals surface area contributed by atoms with E-state index in [1.54, 1.807) is 49.4 Å². The van der Waals surface area contributed by atoms with Crippen molar-refractivity contribution in [3.05, 3.63) is 88.0 Å². The Morgan fingerprint density at radius 3 is 2.56 bits per heavy atom. The van der Waals surface area contributed by atoms with Crippen LogP contribution in [0.1, 0.15) is 15.9 Å². The van der Waals surface area contributed by atoms with Crippen molar-refractivity contribution >= 4 is 40.5 Å². The highest BCUT2D eigenvalue weighted by Crippen LogP contribution is 2.35. The number of benzene rings is 3. The molecule has 1 aliphatic rings. The third-order valence-electron chi connectivity index (χ3n) is 5.28. The molecule has 0 saturated heterocycles. The molecule has 10 nitrogen and oxygen atoms in total. The second-order valence-electron chi connectivity index (χ2n) is 7.52. The quantitative estimate of drug-likeness (QED) is 0.427. The zero-order valence-corrected chi connectivity index (χ0v) is 18.1. The van der Waals surface area contributed by atoms with Gasteiger partial charge in [0, 0.05) is 29.1 Å². The predicted octanol–water partition coefficient (Wildman–Crippen LogP) is 3.52. The van der Waals surface area contributed by atoms with Crippen LogP contribution in [-0.2, 0) is 9.59 Å². The van der Waals surface area contributed by atoms with E-state index in [1.165, 1.54) is 18.2 Å². The Morgan fingerprint density at radius 1 is 1.06 bits per heavy atom. The van der Waals surface area contributed by atoms with Crippen molar-refractivity contribution in [3.8, 4) is 5.75 Å². The van der Waals surface area contributed by atoms with Crippen molar-refractivity contribution in [3.63, 3.8) is 0 Å². The predicted molar refractivity (Wildman–Crippen MR) is 125 cm³/mol. The van der Waals surface area contributed by atoms with Gasteiger partial charge in [0.15, 0.2) is 6.61 Å². The molecule has 1 aliphatic heterocycles. The normalized spacial score (nSPS) is 12.4. The van der Waals surface area contributed by atoms with Crippen LogP contribution < -0.4 is 20.3 Å². The number of para-hydroxylation sites is 1. The van der Waals surface area contributed by atoms with Gasteiger partial charge in [0.05, 0.1) is 10.6 Å². The number of hydrogen-bond acceptors (Lipinski definition) is 6. The average molecular weight is 460 g/mol. The number of nitro groups is 1. The second kappa shape index (κ2) is 9.41. The van der Waals surface area contributed by atoms with Gasteiger partial charge in [0.1, 0.15) is 12.3 Å². The average Bonchev–Trinajstić information content (AvgIpc) is 2.82. The Balaban J connectivity index is 1.51. The molecule has 3 amide bonds. The van der Waals surface area contributed by atoms with Gasteiger partial charge in [-0.1, -0.05) is 24.3 Å². The van der Waals surface area contributed by atoms with Crippen LogP contribution in [0, 0.1) is 17.0 Å². The van der Waals surface area contributed by atoms with Gasteiger partial charge >= 0.3 is 0 Å². The Hall–Kier alpha value is -4.73. The Bertz CT molecular complexity index is 1290. The van der Waals surface area contributed by atoms with Crippen molar-refractivity contribution in [1.82, 2.24) is 0 Å². The summed E-state index contributed by atoms with van der Waals surface area (Å²) in [5.74, 6) is -1.09. The molecule has 0 aliphatic carbocycles. The molecule has 0 bridgehead atoms. The molecule has 3 aromatic carbocycles. The smallest absolute Gasteiger partial charge is 0.271 e. The number of rotatable bonds is 6. The van der Waals surface area contributed by atoms with E-state index < -0.39 is 16.7 Å². The first-order valence-corrected chi connectivity index (χ1v) is 10.3. The maximum absolute atomic E-state index is 12.8. The lowest BCUT2D eigenvalue weighted by molar-refractivity contribution is -0.384. The lowest BCUT2D eigenvalue weighted by Crippen LogP contribution is -2.43. The monoisotopic (exact) mass is 460 g/mol. The number of fused-ring (bicyclic) bond motifs is 1. The third kappa shape index (κ3) is 4.70. The number of hydrogen-bond donors (Lipinski definition) is 2. The first-order chi connectivity index (χ1) is 16.3. The number of amides is 3. The standard InChI is InChI=1S/C24H20N4O6/c1-15-18(24(31)25-16-6-3-2-4-7-16)8-5-9-19(15)26-22(29)13-27-20-12-17(28(32)33)10-11-21(20)34-14-23(27)30/h2-12H,13-14H2,1H3,(H,25,31)(H,26,29). The number of ether oxygens (including phenoxy) is 1. The molecule has 0 atom stereocenters. The summed E-state index contributed by atoms with van der Waals surface area (Å²) in [5.41, 5.74) is 1.90. The van der Waals surface area contributed by atoms with E-state index in [0.717, 1.165) is 4.90 Å². The fourth-order valence-electron chi connectivity index (χ4n) is 3.55. The highest BCUT2D eigenvalue weighted by molar-refractivity contribution is 6.08. The number of carbonyl (C=O) groups excluding carboxylic acids is 3. The van der Waals surface area contributed by atoms with Crippen LogP contribution in [0.15, 0.2) is 66.7 Å². The number of anilines is 3. The van der Waals surface area contributed by atoms with Crippen molar-refractivity contribution in [2.75, 3.05) is 28.7 Å². The molecular weight excluding hydrogens is 440 g/mol. The van der Waals surface area contributed by atoms with E-state index in [-0.39, 0.29) is 36.2 Å². The fraction of sp³-hybridized carbons (Fsp3) is 0.125. The minimum Gasteiger partial charge on any atom is -0.482 e. The highest BCUT2D eigenvalue weighted by atomic mass is 16.6. The molecular formula is C24H20N4O6. The van der Waals surface area contributed by atoms with E-state index in [2.05, 4.69) is 10.6 Å². The molecule has 34 heavy (non-hydrogen) atoms. The SMILES string of the molecule is Cc1c(NC(=O)CN2C(=O)COc3ccc([N+](=O)[O-])cc32)cccc1C(=O)Nc1ccccc1. The molecule has 0 radical (unpaired) electrons. The molecule has 0 aromatic heterocycles. The first-order valence-electron chi connectivity index (χ1n) is 10.3. The molecule has 172 valence electrons. The van der Waals surface area contributed by atoms with Crippen LogP contribution in [0.2, 0.25) is 0 Å². The van der Waals surface area contributed by atoms with Crippen LogP contribution in [-0.4, -0.2) is 35.8 Å². The van der Waals surface area contributed by atoms with Crippen molar-refractivity contribution in [2.24, 2.45) is 0 Å². The fourth-order valence-corrected chi connectivity index (χ4v) is 3.55. The minimum atomic E-state index is -0.590. The zero-order chi connectivity index (χ0) is 24.2. The number of nitro benzene ring substituents is 1. The van der Waals surface area contributed by atoms with E-state index >= 15 is 0 Å². The van der Waals surface area contributed by atoms with Gasteiger partial charge < -0.3 is 15.4 Å². The van der Waals surface area contributed by atoms with Crippen molar-refractivity contribution in [1.29, 1.82) is 0 Å². The molecule has 3 aromatic rings. The summed E-state index contributed by atoms with van der Waals surface area (Å²) in [6.45, 7) is 1.04. The second-order valence-corrected chi connectivity index (χ2v) is 7.52. The topological polar surface area (TPSA) is 131 Å². The van der Waals surface area contributed by atoms with E-state index in [0.29, 0.717) is 22.5 Å². The van der Waals surface area contributed by atoms with Gasteiger partial charge in [-0.25, -0.2) is 0 Å². The van der Waals surface area contributed by atoms with Crippen molar-refractivity contribution in [2.45, 2.75) is 6.92 Å². The van der Waals surface area contributed by atoms with Gasteiger partial charge in [0.25, 0.3) is 17.5 Å². The first kappa shape index (κ1) is 22.5. The molecule has 0 saturated carbocycles. The third-order valence-corrected chi connectivity index (χ3v) is 5.28. The molecule has 1 heterocycles. The number of nitrogens with zero attached hydrogens (tertiary/aromatic N) is 2. The summed E-state index contributed by atoms with van der Waals surface area (Å²) in [5, 5.41) is 16.6. The van der Waals surface area contributed by atoms with Gasteiger partial charge in [-0.05, 0) is 42.8 Å². The van der Waals surface area contributed by atoms with Crippen LogP contribution in [0.4, 0.5) is 22.7 Å². The lowest BCUT2D eigenvalue weighted by Gasteiger charge is -2.28. The van der Waals surface area contributed by atoms with Gasteiger partial charge in [-0.15, -0.1) is 0 Å².